The molecule has 0 saturated carbocycles. The first-order valence-corrected chi connectivity index (χ1v) is 11.4. The molecular weight excluding hydrogens is 352 g/mol. The van der Waals surface area contributed by atoms with Gasteiger partial charge in [-0.15, -0.1) is 11.3 Å². The van der Waals surface area contributed by atoms with Crippen molar-refractivity contribution < 1.29 is 13.2 Å². The minimum absolute atomic E-state index is 0.128. The maximum Gasteiger partial charge on any atom is 0.265 e. The fourth-order valence-electron chi connectivity index (χ4n) is 3.10. The van der Waals surface area contributed by atoms with Gasteiger partial charge in [0.05, 0.1) is 0 Å². The fourth-order valence-corrected chi connectivity index (χ4v) is 7.04. The van der Waals surface area contributed by atoms with Crippen LogP contribution in [0.25, 0.3) is 0 Å². The molecule has 0 bridgehead atoms. The Labute approximate surface area is 146 Å². The molecule has 23 heavy (non-hydrogen) atoms. The Kier molecular flexibility index (Phi) is 5.35. The second-order valence-electron chi connectivity index (χ2n) is 6.13. The molecule has 2 aliphatic heterocycles. The van der Waals surface area contributed by atoms with Gasteiger partial charge in [-0.3, -0.25) is 4.79 Å². The van der Waals surface area contributed by atoms with Gasteiger partial charge in [0.15, 0.2) is 0 Å². The summed E-state index contributed by atoms with van der Waals surface area (Å²) in [5, 5.41) is 1.71. The van der Waals surface area contributed by atoms with Crippen molar-refractivity contribution in [3.63, 3.8) is 0 Å². The largest absolute Gasteiger partial charge is 0.338 e. The van der Waals surface area contributed by atoms with E-state index in [0.29, 0.717) is 23.9 Å². The number of sulfonamides is 1. The van der Waals surface area contributed by atoms with Crippen LogP contribution in [0.1, 0.15) is 29.4 Å². The average Bonchev–Trinajstić information content (AvgIpc) is 3.05. The van der Waals surface area contributed by atoms with E-state index in [-0.39, 0.29) is 10.8 Å². The zero-order valence-corrected chi connectivity index (χ0v) is 15.7. The van der Waals surface area contributed by atoms with E-state index in [1.54, 1.807) is 23.2 Å². The molecule has 1 aromatic heterocycles. The molecule has 3 rings (SSSR count). The van der Waals surface area contributed by atoms with Crippen molar-refractivity contribution in [2.75, 3.05) is 37.7 Å². The number of rotatable bonds is 3. The van der Waals surface area contributed by atoms with Crippen LogP contribution in [0.5, 0.6) is 0 Å². The van der Waals surface area contributed by atoms with Crippen LogP contribution in [-0.2, 0) is 10.0 Å². The van der Waals surface area contributed by atoms with E-state index in [1.807, 2.05) is 4.90 Å². The number of thioether (sulfide) groups is 1. The van der Waals surface area contributed by atoms with Gasteiger partial charge < -0.3 is 4.90 Å². The lowest BCUT2D eigenvalue weighted by atomic mass is 10.0. The minimum Gasteiger partial charge on any atom is -0.338 e. The summed E-state index contributed by atoms with van der Waals surface area (Å²) in [5.74, 6) is 1.98. The van der Waals surface area contributed by atoms with Gasteiger partial charge in [0.1, 0.15) is 9.77 Å². The third-order valence-corrected chi connectivity index (χ3v) is 8.27. The van der Waals surface area contributed by atoms with Crippen LogP contribution in [0.3, 0.4) is 0 Å². The zero-order chi connectivity index (χ0) is 16.4. The molecule has 2 aliphatic rings. The standard InChI is InChI=1S/C15H22N2O3S3/c1-12-3-2-5-16(11-12)15(18)14-13(4-8-22-14)23(19,20)17-6-9-21-10-7-17/h4,8,12H,2-3,5-7,9-11H2,1H3. The summed E-state index contributed by atoms with van der Waals surface area (Å²) < 4.78 is 27.3. The van der Waals surface area contributed by atoms with E-state index in [9.17, 15) is 13.2 Å². The summed E-state index contributed by atoms with van der Waals surface area (Å²) in [5.41, 5.74) is 0. The zero-order valence-electron chi connectivity index (χ0n) is 13.2. The van der Waals surface area contributed by atoms with E-state index >= 15 is 0 Å². The van der Waals surface area contributed by atoms with E-state index in [2.05, 4.69) is 6.92 Å². The van der Waals surface area contributed by atoms with Crippen LogP contribution in [0, 0.1) is 5.92 Å². The van der Waals surface area contributed by atoms with Crippen molar-refractivity contribution in [1.29, 1.82) is 0 Å². The smallest absolute Gasteiger partial charge is 0.265 e. The fraction of sp³-hybridized carbons (Fsp3) is 0.667. The first-order chi connectivity index (χ1) is 11.0. The molecule has 1 amide bonds. The van der Waals surface area contributed by atoms with Crippen molar-refractivity contribution in [3.8, 4) is 0 Å². The van der Waals surface area contributed by atoms with Crippen molar-refractivity contribution in [1.82, 2.24) is 9.21 Å². The summed E-state index contributed by atoms with van der Waals surface area (Å²) >= 11 is 3.01. The van der Waals surface area contributed by atoms with Gasteiger partial charge in [-0.2, -0.15) is 16.1 Å². The molecule has 3 heterocycles. The predicted molar refractivity (Wildman–Crippen MR) is 94.7 cm³/mol. The van der Waals surface area contributed by atoms with E-state index in [4.69, 9.17) is 0 Å². The van der Waals surface area contributed by atoms with Crippen LogP contribution in [0.4, 0.5) is 0 Å². The predicted octanol–water partition coefficient (Wildman–Crippen LogP) is 2.36. The highest BCUT2D eigenvalue weighted by Gasteiger charge is 2.33. The van der Waals surface area contributed by atoms with E-state index in [1.165, 1.54) is 15.6 Å². The molecule has 0 spiro atoms. The Bertz CT molecular complexity index is 665. The molecule has 0 aromatic carbocycles. The number of piperidine rings is 1. The maximum atomic E-state index is 12.9. The number of amides is 1. The van der Waals surface area contributed by atoms with Crippen LogP contribution < -0.4 is 0 Å². The molecule has 2 saturated heterocycles. The third kappa shape index (κ3) is 3.60. The molecule has 1 unspecified atom stereocenters. The molecule has 128 valence electrons. The van der Waals surface area contributed by atoms with Gasteiger partial charge in [-0.05, 0) is 30.2 Å². The molecular formula is C15H22N2O3S3. The van der Waals surface area contributed by atoms with Crippen molar-refractivity contribution >= 4 is 39.0 Å². The maximum absolute atomic E-state index is 12.9. The number of thiophene rings is 1. The summed E-state index contributed by atoms with van der Waals surface area (Å²) in [6, 6.07) is 1.59. The second-order valence-corrected chi connectivity index (χ2v) is 10.2. The van der Waals surface area contributed by atoms with Crippen LogP contribution >= 0.6 is 23.1 Å². The number of nitrogens with zero attached hydrogens (tertiary/aromatic N) is 2. The van der Waals surface area contributed by atoms with Gasteiger partial charge in [-0.25, -0.2) is 8.42 Å². The number of carbonyl (C=O) groups is 1. The lowest BCUT2D eigenvalue weighted by Gasteiger charge is -2.31. The Hall–Kier alpha value is -0.570. The minimum atomic E-state index is -3.56. The van der Waals surface area contributed by atoms with Gasteiger partial charge in [0.2, 0.25) is 10.0 Å². The summed E-state index contributed by atoms with van der Waals surface area (Å²) in [4.78, 5) is 15.2. The molecule has 1 aromatic rings. The van der Waals surface area contributed by atoms with E-state index in [0.717, 1.165) is 37.4 Å². The Balaban J connectivity index is 1.85. The van der Waals surface area contributed by atoms with Crippen LogP contribution in [0.15, 0.2) is 16.3 Å². The summed E-state index contributed by atoms with van der Waals surface area (Å²) in [6.07, 6.45) is 2.12. The normalized spacial score (nSPS) is 23.9. The number of hydrogen-bond acceptors (Lipinski definition) is 5. The number of hydrogen-bond donors (Lipinski definition) is 0. The van der Waals surface area contributed by atoms with Crippen molar-refractivity contribution in [3.05, 3.63) is 16.3 Å². The molecule has 5 nitrogen and oxygen atoms in total. The Morgan fingerprint density at radius 3 is 2.70 bits per heavy atom. The number of likely N-dealkylation sites (tertiary alicyclic amines) is 1. The lowest BCUT2D eigenvalue weighted by Crippen LogP contribution is -2.41. The van der Waals surface area contributed by atoms with Gasteiger partial charge in [0.25, 0.3) is 5.91 Å². The van der Waals surface area contributed by atoms with Crippen LogP contribution in [-0.4, -0.2) is 61.2 Å². The molecule has 0 N–H and O–H groups in total. The number of carbonyl (C=O) groups excluding carboxylic acids is 1. The highest BCUT2D eigenvalue weighted by molar-refractivity contribution is 7.99. The third-order valence-electron chi connectivity index (χ3n) is 4.36. The van der Waals surface area contributed by atoms with Crippen molar-refractivity contribution in [2.45, 2.75) is 24.7 Å². The van der Waals surface area contributed by atoms with Gasteiger partial charge >= 0.3 is 0 Å². The summed E-state index contributed by atoms with van der Waals surface area (Å²) in [7, 11) is -3.56. The second kappa shape index (κ2) is 7.13. The van der Waals surface area contributed by atoms with Gasteiger partial charge in [0, 0.05) is 37.7 Å². The highest BCUT2D eigenvalue weighted by Crippen LogP contribution is 2.29. The molecule has 0 radical (unpaired) electrons. The topological polar surface area (TPSA) is 57.7 Å². The van der Waals surface area contributed by atoms with Gasteiger partial charge in [-0.1, -0.05) is 6.92 Å². The quantitative estimate of drug-likeness (QED) is 0.815. The highest BCUT2D eigenvalue weighted by atomic mass is 32.2. The first-order valence-electron chi connectivity index (χ1n) is 7.95. The monoisotopic (exact) mass is 374 g/mol. The van der Waals surface area contributed by atoms with Crippen LogP contribution in [0.2, 0.25) is 0 Å². The summed E-state index contributed by atoms with van der Waals surface area (Å²) in [6.45, 7) is 4.63. The lowest BCUT2D eigenvalue weighted by molar-refractivity contribution is 0.0684. The Morgan fingerprint density at radius 1 is 1.26 bits per heavy atom. The molecule has 1 atom stereocenters. The first kappa shape index (κ1) is 17.3. The average molecular weight is 375 g/mol. The van der Waals surface area contributed by atoms with E-state index < -0.39 is 10.0 Å². The Morgan fingerprint density at radius 2 is 2.00 bits per heavy atom. The molecule has 8 heteroatoms. The molecule has 0 aliphatic carbocycles. The van der Waals surface area contributed by atoms with Crippen molar-refractivity contribution in [2.24, 2.45) is 5.92 Å². The molecule has 2 fully saturated rings. The SMILES string of the molecule is CC1CCCN(C(=O)c2sccc2S(=O)(=O)N2CCSCC2)C1.